The van der Waals surface area contributed by atoms with Gasteiger partial charge in [-0.25, -0.2) is 4.39 Å². The molecule has 0 aliphatic carbocycles. The SMILES string of the molecule is N=C(c1ccc(C(=O)Nc2ccccc2C(=O)Nc2ccc(Cl)cc2)c(F)c1)N1CCCCC1. The second-order valence-electron chi connectivity index (χ2n) is 8.05. The number of hydrogen-bond acceptors (Lipinski definition) is 3. The lowest BCUT2D eigenvalue weighted by molar-refractivity contribution is 0.102. The zero-order valence-corrected chi connectivity index (χ0v) is 19.2. The van der Waals surface area contributed by atoms with Crippen LogP contribution in [0.4, 0.5) is 15.8 Å². The van der Waals surface area contributed by atoms with Crippen LogP contribution in [0.3, 0.4) is 0 Å². The lowest BCUT2D eigenvalue weighted by Crippen LogP contribution is -2.35. The highest BCUT2D eigenvalue weighted by molar-refractivity contribution is 6.30. The molecule has 4 rings (SSSR count). The zero-order chi connectivity index (χ0) is 24.1. The number of carbonyl (C=O) groups excluding carboxylic acids is 2. The van der Waals surface area contributed by atoms with Crippen LogP contribution in [0.25, 0.3) is 0 Å². The molecule has 1 heterocycles. The second kappa shape index (κ2) is 10.5. The van der Waals surface area contributed by atoms with E-state index in [1.165, 1.54) is 12.1 Å². The molecule has 1 aliphatic heterocycles. The van der Waals surface area contributed by atoms with Gasteiger partial charge >= 0.3 is 0 Å². The molecule has 0 unspecified atom stereocenters. The highest BCUT2D eigenvalue weighted by atomic mass is 35.5. The van der Waals surface area contributed by atoms with E-state index >= 15 is 0 Å². The van der Waals surface area contributed by atoms with Crippen molar-refractivity contribution < 1.29 is 14.0 Å². The number of anilines is 2. The van der Waals surface area contributed by atoms with E-state index < -0.39 is 17.6 Å². The summed E-state index contributed by atoms with van der Waals surface area (Å²) < 4.78 is 14.8. The number of likely N-dealkylation sites (tertiary alicyclic amines) is 1. The molecular formula is C26H24ClFN4O2. The summed E-state index contributed by atoms with van der Waals surface area (Å²) in [6.07, 6.45) is 3.16. The Kier molecular flexibility index (Phi) is 7.23. The second-order valence-corrected chi connectivity index (χ2v) is 8.49. The maximum atomic E-state index is 14.8. The third-order valence-corrected chi connectivity index (χ3v) is 5.93. The predicted octanol–water partition coefficient (Wildman–Crippen LogP) is 5.79. The van der Waals surface area contributed by atoms with Crippen LogP contribution in [0.5, 0.6) is 0 Å². The average Bonchev–Trinajstić information content (AvgIpc) is 2.85. The number of benzene rings is 3. The maximum absolute atomic E-state index is 14.8. The number of amides is 2. The van der Waals surface area contributed by atoms with Gasteiger partial charge < -0.3 is 15.5 Å². The van der Waals surface area contributed by atoms with Crippen molar-refractivity contribution in [3.63, 3.8) is 0 Å². The molecule has 174 valence electrons. The van der Waals surface area contributed by atoms with Gasteiger partial charge in [0.1, 0.15) is 11.7 Å². The number of piperidine rings is 1. The molecule has 1 saturated heterocycles. The molecule has 0 radical (unpaired) electrons. The summed E-state index contributed by atoms with van der Waals surface area (Å²) in [5, 5.41) is 14.3. The fourth-order valence-electron chi connectivity index (χ4n) is 3.86. The van der Waals surface area contributed by atoms with Crippen molar-refractivity contribution in [1.29, 1.82) is 5.41 Å². The fourth-order valence-corrected chi connectivity index (χ4v) is 3.98. The Morgan fingerprint density at radius 3 is 2.24 bits per heavy atom. The van der Waals surface area contributed by atoms with Crippen molar-refractivity contribution >= 4 is 40.6 Å². The first-order chi connectivity index (χ1) is 16.4. The first-order valence-electron chi connectivity index (χ1n) is 11.0. The fraction of sp³-hybridized carbons (Fsp3) is 0.192. The molecule has 3 aromatic carbocycles. The molecule has 0 bridgehead atoms. The molecule has 0 spiro atoms. The number of nitrogens with zero attached hydrogens (tertiary/aromatic N) is 1. The minimum atomic E-state index is -0.722. The molecule has 0 atom stereocenters. The lowest BCUT2D eigenvalue weighted by Gasteiger charge is -2.29. The van der Waals surface area contributed by atoms with Gasteiger partial charge in [0, 0.05) is 29.4 Å². The van der Waals surface area contributed by atoms with Gasteiger partial charge in [0.05, 0.1) is 16.8 Å². The number of para-hydroxylation sites is 1. The molecule has 3 aromatic rings. The van der Waals surface area contributed by atoms with Crippen LogP contribution < -0.4 is 10.6 Å². The van der Waals surface area contributed by atoms with Crippen molar-refractivity contribution in [3.05, 3.63) is 94.3 Å². The van der Waals surface area contributed by atoms with Crippen molar-refractivity contribution in [3.8, 4) is 0 Å². The molecule has 1 fully saturated rings. The molecule has 6 nitrogen and oxygen atoms in total. The third-order valence-electron chi connectivity index (χ3n) is 5.68. The summed E-state index contributed by atoms with van der Waals surface area (Å²) in [5.41, 5.74) is 1.30. The largest absolute Gasteiger partial charge is 0.357 e. The normalized spacial score (nSPS) is 13.3. The van der Waals surface area contributed by atoms with Gasteiger partial charge in [-0.2, -0.15) is 0 Å². The molecule has 8 heteroatoms. The quantitative estimate of drug-likeness (QED) is 0.320. The van der Waals surface area contributed by atoms with E-state index in [0.29, 0.717) is 16.3 Å². The van der Waals surface area contributed by atoms with Crippen molar-refractivity contribution in [2.24, 2.45) is 0 Å². The van der Waals surface area contributed by atoms with Gasteiger partial charge in [0.2, 0.25) is 0 Å². The van der Waals surface area contributed by atoms with E-state index in [9.17, 15) is 14.0 Å². The predicted molar refractivity (Wildman–Crippen MR) is 132 cm³/mol. The smallest absolute Gasteiger partial charge is 0.258 e. The summed E-state index contributed by atoms with van der Waals surface area (Å²) in [6.45, 7) is 1.55. The van der Waals surface area contributed by atoms with Gasteiger partial charge in [0.25, 0.3) is 11.8 Å². The van der Waals surface area contributed by atoms with Gasteiger partial charge in [-0.05, 0) is 67.8 Å². The third kappa shape index (κ3) is 5.43. The number of rotatable bonds is 5. The van der Waals surface area contributed by atoms with Crippen LogP contribution in [-0.4, -0.2) is 35.6 Å². The summed E-state index contributed by atoms with van der Waals surface area (Å²) in [6, 6.07) is 17.3. The van der Waals surface area contributed by atoms with Gasteiger partial charge in [-0.15, -0.1) is 0 Å². The minimum absolute atomic E-state index is 0.164. The van der Waals surface area contributed by atoms with Crippen LogP contribution in [0.1, 0.15) is 45.5 Å². The molecular weight excluding hydrogens is 455 g/mol. The molecule has 34 heavy (non-hydrogen) atoms. The van der Waals surface area contributed by atoms with Gasteiger partial charge in [-0.3, -0.25) is 15.0 Å². The monoisotopic (exact) mass is 478 g/mol. The van der Waals surface area contributed by atoms with Gasteiger partial charge in [0.15, 0.2) is 0 Å². The minimum Gasteiger partial charge on any atom is -0.357 e. The Labute approximate surface area is 202 Å². The maximum Gasteiger partial charge on any atom is 0.258 e. The number of halogens is 2. The molecule has 2 amide bonds. The van der Waals surface area contributed by atoms with E-state index in [0.717, 1.165) is 32.4 Å². The van der Waals surface area contributed by atoms with Crippen molar-refractivity contribution in [2.45, 2.75) is 19.3 Å². The summed E-state index contributed by atoms with van der Waals surface area (Å²) in [5.74, 6) is -1.57. The molecule has 1 aliphatic rings. The Morgan fingerprint density at radius 2 is 1.53 bits per heavy atom. The van der Waals surface area contributed by atoms with Crippen LogP contribution >= 0.6 is 11.6 Å². The average molecular weight is 479 g/mol. The standard InChI is InChI=1S/C26H24ClFN4O2/c27-18-9-11-19(12-10-18)30-26(34)21-6-2-3-7-23(21)31-25(33)20-13-8-17(16-22(20)28)24(29)32-14-4-1-5-15-32/h2-3,6-13,16,29H,1,4-5,14-15H2,(H,30,34)(H,31,33). The van der Waals surface area contributed by atoms with E-state index in [-0.39, 0.29) is 22.6 Å². The molecule has 3 N–H and O–H groups in total. The van der Waals surface area contributed by atoms with Gasteiger partial charge in [-0.1, -0.05) is 29.8 Å². The Bertz CT molecular complexity index is 1220. The van der Waals surface area contributed by atoms with Crippen LogP contribution in [0.15, 0.2) is 66.7 Å². The summed E-state index contributed by atoms with van der Waals surface area (Å²) in [4.78, 5) is 27.5. The van der Waals surface area contributed by atoms with E-state index in [1.807, 2.05) is 4.90 Å². The first kappa shape index (κ1) is 23.4. The molecule has 0 aromatic heterocycles. The Hall–Kier alpha value is -3.71. The number of hydrogen-bond donors (Lipinski definition) is 3. The van der Waals surface area contributed by atoms with Crippen molar-refractivity contribution in [1.82, 2.24) is 4.90 Å². The highest BCUT2D eigenvalue weighted by Gasteiger charge is 2.20. The van der Waals surface area contributed by atoms with E-state index in [2.05, 4.69) is 10.6 Å². The first-order valence-corrected chi connectivity index (χ1v) is 11.4. The topological polar surface area (TPSA) is 85.3 Å². The van der Waals surface area contributed by atoms with Crippen LogP contribution in [0, 0.1) is 11.2 Å². The van der Waals surface area contributed by atoms with Crippen LogP contribution in [-0.2, 0) is 0 Å². The van der Waals surface area contributed by atoms with Crippen LogP contribution in [0.2, 0.25) is 5.02 Å². The van der Waals surface area contributed by atoms with E-state index in [1.54, 1.807) is 54.6 Å². The molecule has 0 saturated carbocycles. The summed E-state index contributed by atoms with van der Waals surface area (Å²) >= 11 is 5.88. The number of amidine groups is 1. The number of nitrogens with one attached hydrogen (secondary N) is 3. The number of carbonyl (C=O) groups is 2. The lowest BCUT2D eigenvalue weighted by atomic mass is 10.1. The van der Waals surface area contributed by atoms with Crippen molar-refractivity contribution in [2.75, 3.05) is 23.7 Å². The Morgan fingerprint density at radius 1 is 0.853 bits per heavy atom. The van der Waals surface area contributed by atoms with E-state index in [4.69, 9.17) is 17.0 Å². The summed E-state index contributed by atoms with van der Waals surface area (Å²) in [7, 11) is 0. The Balaban J connectivity index is 1.49. The zero-order valence-electron chi connectivity index (χ0n) is 18.4. The highest BCUT2D eigenvalue weighted by Crippen LogP contribution is 2.21.